The summed E-state index contributed by atoms with van der Waals surface area (Å²) in [5, 5.41) is 0. The first-order chi connectivity index (χ1) is 2.00. The van der Waals surface area contributed by atoms with E-state index in [1.165, 1.54) is 0 Å². The summed E-state index contributed by atoms with van der Waals surface area (Å²) >= 11 is 2.28. The average molecular weight is 102 g/mol. The summed E-state index contributed by atoms with van der Waals surface area (Å²) in [6.45, 7) is 2.00. The second-order valence-corrected chi connectivity index (χ2v) is 0. The van der Waals surface area contributed by atoms with Gasteiger partial charge in [0.15, 0.2) is 0 Å². The molecule has 0 N–H and O–H groups in total. The maximum atomic E-state index is 8.00. The predicted molar refractivity (Wildman–Crippen MR) is 16.9 cm³/mol. The second kappa shape index (κ2) is 82.1. The first-order valence-corrected chi connectivity index (χ1v) is 0.836. The molecule has 0 rings (SSSR count). The summed E-state index contributed by atoms with van der Waals surface area (Å²) in [7, 11) is 0. The minimum absolute atomic E-state index is 0. The molecule has 0 atom stereocenters. The molecule has 0 bridgehead atoms. The molecule has 0 radical (unpaired) electrons. The fourth-order valence-electron chi connectivity index (χ4n) is 0. The van der Waals surface area contributed by atoms with Crippen LogP contribution < -0.4 is 29.6 Å². The number of hydrogen-bond donors (Lipinski definition) is 1. The molecule has 0 aromatic heterocycles. The van der Waals surface area contributed by atoms with E-state index < -0.39 is 0 Å². The van der Waals surface area contributed by atoms with Crippen molar-refractivity contribution in [3.05, 3.63) is 0 Å². The van der Waals surface area contributed by atoms with E-state index in [0.717, 1.165) is 0 Å². The number of rotatable bonds is 0. The van der Waals surface area contributed by atoms with Crippen LogP contribution in [0.3, 0.4) is 0 Å². The van der Waals surface area contributed by atoms with E-state index in [2.05, 4.69) is 12.9 Å². The van der Waals surface area contributed by atoms with Gasteiger partial charge >= 0.3 is 29.6 Å². The second-order valence-electron chi connectivity index (χ2n) is 0. The summed E-state index contributed by atoms with van der Waals surface area (Å²) < 4.78 is 7.94. The van der Waals surface area contributed by atoms with Crippen LogP contribution in [0.4, 0.5) is 0 Å². The van der Waals surface area contributed by atoms with Crippen LogP contribution in [0.1, 0.15) is 0 Å². The van der Waals surface area contributed by atoms with Gasteiger partial charge in [0.1, 0.15) is 6.79 Å². The Labute approximate surface area is 58.5 Å². The summed E-state index contributed by atoms with van der Waals surface area (Å²) in [5.74, 6) is 0. The smallest absolute Gasteiger partial charge is 0.802 e. The molecule has 0 fully saturated rings. The minimum Gasteiger partial charge on any atom is -0.802 e. The van der Waals surface area contributed by atoms with Crippen molar-refractivity contribution in [3.63, 3.8) is 0 Å². The maximum Gasteiger partial charge on any atom is 1.00 e. The summed E-state index contributed by atoms with van der Waals surface area (Å²) in [4.78, 5) is 8.00. The van der Waals surface area contributed by atoms with E-state index >= 15 is 0 Å². The average Bonchev–Trinajstić information content (AvgIpc) is 1.50. The van der Waals surface area contributed by atoms with E-state index in [9.17, 15) is 0 Å². The van der Waals surface area contributed by atoms with E-state index in [1.54, 1.807) is 0 Å². The van der Waals surface area contributed by atoms with Gasteiger partial charge in [-0.25, -0.2) is 0 Å². The first-order valence-electron chi connectivity index (χ1n) is 0.471. The molecular formula is CH3NaO2S. The first kappa shape index (κ1) is 16.7. The van der Waals surface area contributed by atoms with Crippen molar-refractivity contribution in [1.82, 2.24) is 0 Å². The molecule has 0 aromatic rings. The number of hydrogen-bond acceptors (Lipinski definition) is 3. The van der Waals surface area contributed by atoms with E-state index in [4.69, 9.17) is 9.35 Å². The van der Waals surface area contributed by atoms with E-state index in [0.29, 0.717) is 0 Å². The minimum atomic E-state index is 0. The molecule has 0 aliphatic heterocycles. The Morgan fingerprint density at radius 1 is 1.40 bits per heavy atom. The van der Waals surface area contributed by atoms with E-state index in [1.807, 2.05) is 6.79 Å². The van der Waals surface area contributed by atoms with Crippen LogP contribution in [0, 0.1) is 0 Å². The summed E-state index contributed by atoms with van der Waals surface area (Å²) in [5.41, 5.74) is 0. The van der Waals surface area contributed by atoms with Crippen molar-refractivity contribution >= 4 is 19.7 Å². The van der Waals surface area contributed by atoms with E-state index in [-0.39, 0.29) is 29.6 Å². The molecule has 2 nitrogen and oxygen atoms in total. The molecular weight excluding hydrogens is 99.1 g/mol. The topological polar surface area (TPSA) is 40.1 Å². The molecule has 5 heavy (non-hydrogen) atoms. The third kappa shape index (κ3) is 46.0. The van der Waals surface area contributed by atoms with Gasteiger partial charge in [-0.05, 0) is 0 Å². The molecule has 0 aromatic carbocycles. The molecule has 4 heteroatoms. The predicted octanol–water partition coefficient (Wildman–Crippen LogP) is -3.13. The van der Waals surface area contributed by atoms with Crippen LogP contribution in [-0.4, -0.2) is 11.3 Å². The van der Waals surface area contributed by atoms with Gasteiger partial charge in [-0.2, -0.15) is 0 Å². The van der Waals surface area contributed by atoms with Gasteiger partial charge in [0.2, 0.25) is 0 Å². The van der Waals surface area contributed by atoms with Gasteiger partial charge in [0, 0.05) is 0 Å². The molecule has 0 saturated heterocycles. The Bertz CT molecular complexity index is 9.61. The van der Waals surface area contributed by atoms with Crippen molar-refractivity contribution in [2.45, 2.75) is 0 Å². The Kier molecular flexibility index (Phi) is 274. The van der Waals surface area contributed by atoms with Gasteiger partial charge in [0.25, 0.3) is 0 Å². The number of carbonyl (C=O) groups excluding carboxylic acids is 1. The van der Waals surface area contributed by atoms with Crippen LogP contribution in [0.5, 0.6) is 0 Å². The van der Waals surface area contributed by atoms with Crippen molar-refractivity contribution in [2.24, 2.45) is 0 Å². The normalized spacial score (nSPS) is 2.00. The monoisotopic (exact) mass is 102 g/mol. The molecule has 0 heterocycles. The Morgan fingerprint density at radius 3 is 1.40 bits per heavy atom. The quantitative estimate of drug-likeness (QED) is 0.199. The zero-order chi connectivity index (χ0) is 4.00. The zero-order valence-electron chi connectivity index (χ0n) is 2.97. The van der Waals surface area contributed by atoms with Crippen LogP contribution in [0.15, 0.2) is 0 Å². The molecule has 0 unspecified atom stereocenters. The number of carbonyl (C=O) groups is 1. The van der Waals surface area contributed by atoms with Crippen molar-refractivity contribution in [2.75, 3.05) is 0 Å². The van der Waals surface area contributed by atoms with Gasteiger partial charge < -0.3 is 9.35 Å². The largest absolute Gasteiger partial charge is 1.00 e. The Morgan fingerprint density at radius 2 is 1.40 bits per heavy atom. The fraction of sp³-hybridized carbons (Fsp3) is 0. The van der Waals surface area contributed by atoms with Gasteiger partial charge in [-0.3, -0.25) is 12.9 Å². The Hall–Kier alpha value is 0.980. The summed E-state index contributed by atoms with van der Waals surface area (Å²) in [6.07, 6.45) is 0. The molecule has 0 amide bonds. The van der Waals surface area contributed by atoms with Crippen LogP contribution in [0.2, 0.25) is 0 Å². The molecule has 0 spiro atoms. The fourth-order valence-corrected chi connectivity index (χ4v) is 0. The van der Waals surface area contributed by atoms with Crippen LogP contribution in [0.25, 0.3) is 0 Å². The molecule has 0 aliphatic rings. The zero-order valence-corrected chi connectivity index (χ0v) is 5.87. The number of thiol groups is 1. The van der Waals surface area contributed by atoms with Crippen LogP contribution >= 0.6 is 12.9 Å². The van der Waals surface area contributed by atoms with Gasteiger partial charge in [-0.1, -0.05) is 0 Å². The molecule has 0 saturated carbocycles. The SMILES string of the molecule is C=O.[Na+].[O-]S. The van der Waals surface area contributed by atoms with Gasteiger partial charge in [0.05, 0.1) is 0 Å². The molecule has 26 valence electrons. The van der Waals surface area contributed by atoms with Crippen molar-refractivity contribution < 1.29 is 38.9 Å². The third-order valence-corrected chi connectivity index (χ3v) is 0. The Balaban J connectivity index is -0.0000000133. The van der Waals surface area contributed by atoms with Crippen molar-refractivity contribution in [3.8, 4) is 0 Å². The maximum absolute atomic E-state index is 8.00. The van der Waals surface area contributed by atoms with Crippen molar-refractivity contribution in [1.29, 1.82) is 0 Å². The van der Waals surface area contributed by atoms with Gasteiger partial charge in [-0.15, -0.1) is 0 Å². The van der Waals surface area contributed by atoms with Crippen LogP contribution in [-0.2, 0) is 4.79 Å². The molecule has 0 aliphatic carbocycles. The third-order valence-electron chi connectivity index (χ3n) is 0. The summed E-state index contributed by atoms with van der Waals surface area (Å²) in [6, 6.07) is 0. The standard InChI is InChI=1S/CH2O.Na.H2OS/c1-2;;1-2/h1H2;;1-2H/q;+1;/p-1.